The molecule has 0 aromatic rings. The lowest BCUT2D eigenvalue weighted by Crippen LogP contribution is -2.47. The first kappa shape index (κ1) is 15.6. The summed E-state index contributed by atoms with van der Waals surface area (Å²) in [6.07, 6.45) is 7.37. The highest BCUT2D eigenvalue weighted by atomic mass is 32.2. The van der Waals surface area contributed by atoms with Gasteiger partial charge < -0.3 is 10.6 Å². The third kappa shape index (κ3) is 4.63. The van der Waals surface area contributed by atoms with E-state index in [4.69, 9.17) is 0 Å². The number of hydrogen-bond donors (Lipinski definition) is 2. The van der Waals surface area contributed by atoms with Crippen molar-refractivity contribution in [2.45, 2.75) is 51.0 Å². The maximum Gasteiger partial charge on any atom is 0.315 e. The Morgan fingerprint density at radius 3 is 2.55 bits per heavy atom. The lowest BCUT2D eigenvalue weighted by atomic mass is 9.96. The molecule has 2 rings (SSSR count). The molecule has 1 heterocycles. The minimum atomic E-state index is -3.09. The average molecular weight is 303 g/mol. The summed E-state index contributed by atoms with van der Waals surface area (Å²) in [7, 11) is -3.09. The van der Waals surface area contributed by atoms with Crippen LogP contribution in [0, 0.1) is 0 Å². The maximum atomic E-state index is 11.8. The standard InChI is InChI=1S/C13H25N3O3S/c17-13(15-12-6-2-1-3-7-12)14-8-10-16-9-4-5-11-20(16,18)19/h12H,1-11H2,(H2,14,15,17). The Bertz CT molecular complexity index is 419. The second-order valence-electron chi connectivity index (χ2n) is 5.66. The monoisotopic (exact) mass is 303 g/mol. The van der Waals surface area contributed by atoms with Crippen LogP contribution in [0.4, 0.5) is 4.79 Å². The summed E-state index contributed by atoms with van der Waals surface area (Å²) in [6, 6.07) is 0.105. The molecule has 0 bridgehead atoms. The van der Waals surface area contributed by atoms with E-state index < -0.39 is 10.0 Å². The molecule has 0 atom stereocenters. The minimum absolute atomic E-state index is 0.175. The van der Waals surface area contributed by atoms with Crippen molar-refractivity contribution in [1.29, 1.82) is 0 Å². The molecule has 2 fully saturated rings. The van der Waals surface area contributed by atoms with Crippen molar-refractivity contribution in [3.8, 4) is 0 Å². The summed E-state index contributed by atoms with van der Waals surface area (Å²) >= 11 is 0. The van der Waals surface area contributed by atoms with Gasteiger partial charge in [0.15, 0.2) is 0 Å². The molecule has 2 N–H and O–H groups in total. The van der Waals surface area contributed by atoms with Crippen molar-refractivity contribution in [2.75, 3.05) is 25.4 Å². The molecule has 0 aromatic carbocycles. The largest absolute Gasteiger partial charge is 0.337 e. The van der Waals surface area contributed by atoms with Gasteiger partial charge in [0.1, 0.15) is 0 Å². The van der Waals surface area contributed by atoms with Gasteiger partial charge in [0.05, 0.1) is 5.75 Å². The van der Waals surface area contributed by atoms with E-state index in [9.17, 15) is 13.2 Å². The van der Waals surface area contributed by atoms with Gasteiger partial charge in [0.2, 0.25) is 10.0 Å². The van der Waals surface area contributed by atoms with E-state index in [1.807, 2.05) is 0 Å². The Balaban J connectivity index is 1.65. The van der Waals surface area contributed by atoms with E-state index in [1.165, 1.54) is 23.6 Å². The second-order valence-corrected chi connectivity index (χ2v) is 7.75. The van der Waals surface area contributed by atoms with Crippen molar-refractivity contribution in [3.05, 3.63) is 0 Å². The van der Waals surface area contributed by atoms with E-state index in [2.05, 4.69) is 10.6 Å². The third-order valence-corrected chi connectivity index (χ3v) is 6.00. The van der Waals surface area contributed by atoms with Crippen molar-refractivity contribution in [2.24, 2.45) is 0 Å². The van der Waals surface area contributed by atoms with Crippen LogP contribution >= 0.6 is 0 Å². The highest BCUT2D eigenvalue weighted by molar-refractivity contribution is 7.89. The molecule has 1 saturated heterocycles. The van der Waals surface area contributed by atoms with Crippen LogP contribution in [0.3, 0.4) is 0 Å². The first-order valence-electron chi connectivity index (χ1n) is 7.60. The highest BCUT2D eigenvalue weighted by Gasteiger charge is 2.25. The lowest BCUT2D eigenvalue weighted by molar-refractivity contribution is 0.231. The molecular formula is C13H25N3O3S. The van der Waals surface area contributed by atoms with Crippen molar-refractivity contribution in [1.82, 2.24) is 14.9 Å². The van der Waals surface area contributed by atoms with Gasteiger partial charge >= 0.3 is 6.03 Å². The number of rotatable bonds is 4. The zero-order valence-electron chi connectivity index (χ0n) is 11.9. The molecule has 0 aromatic heterocycles. The van der Waals surface area contributed by atoms with Gasteiger partial charge in [-0.1, -0.05) is 19.3 Å². The van der Waals surface area contributed by atoms with Crippen LogP contribution in [0.1, 0.15) is 44.9 Å². The van der Waals surface area contributed by atoms with Crippen molar-refractivity contribution < 1.29 is 13.2 Å². The molecular weight excluding hydrogens is 278 g/mol. The normalized spacial score (nSPS) is 24.2. The third-order valence-electron chi connectivity index (χ3n) is 4.04. The molecule has 0 spiro atoms. The van der Waals surface area contributed by atoms with Crippen molar-refractivity contribution >= 4 is 16.1 Å². The summed E-state index contributed by atoms with van der Waals surface area (Å²) in [5.74, 6) is 0.237. The fourth-order valence-electron chi connectivity index (χ4n) is 2.87. The van der Waals surface area contributed by atoms with Gasteiger partial charge in [0, 0.05) is 25.7 Å². The molecule has 0 radical (unpaired) electrons. The van der Waals surface area contributed by atoms with Crippen LogP contribution in [-0.2, 0) is 10.0 Å². The zero-order chi connectivity index (χ0) is 14.4. The molecule has 2 amide bonds. The fraction of sp³-hybridized carbons (Fsp3) is 0.923. The minimum Gasteiger partial charge on any atom is -0.337 e. The first-order chi connectivity index (χ1) is 9.58. The Kier molecular flexibility index (Phi) is 5.65. The van der Waals surface area contributed by atoms with Crippen LogP contribution in [0.2, 0.25) is 0 Å². The van der Waals surface area contributed by atoms with Crippen LogP contribution in [-0.4, -0.2) is 50.2 Å². The van der Waals surface area contributed by atoms with E-state index in [1.54, 1.807) is 0 Å². The molecule has 1 saturated carbocycles. The Morgan fingerprint density at radius 2 is 1.85 bits per heavy atom. The summed E-state index contributed by atoms with van der Waals surface area (Å²) in [5, 5.41) is 5.72. The van der Waals surface area contributed by atoms with E-state index >= 15 is 0 Å². The van der Waals surface area contributed by atoms with Gasteiger partial charge in [0.25, 0.3) is 0 Å². The Labute approximate surface area is 121 Å². The smallest absolute Gasteiger partial charge is 0.315 e. The topological polar surface area (TPSA) is 78.5 Å². The van der Waals surface area contributed by atoms with Crippen LogP contribution < -0.4 is 10.6 Å². The zero-order valence-corrected chi connectivity index (χ0v) is 12.8. The number of nitrogens with one attached hydrogen (secondary N) is 2. The number of urea groups is 1. The molecule has 116 valence electrons. The van der Waals surface area contributed by atoms with E-state index in [-0.39, 0.29) is 17.8 Å². The predicted molar refractivity (Wildman–Crippen MR) is 78.0 cm³/mol. The van der Waals surface area contributed by atoms with Gasteiger partial charge in [-0.05, 0) is 25.7 Å². The van der Waals surface area contributed by atoms with Gasteiger partial charge in [-0.2, -0.15) is 0 Å². The number of sulfonamides is 1. The SMILES string of the molecule is O=C(NCCN1CCCCS1(=O)=O)NC1CCCCC1. The molecule has 6 nitrogen and oxygen atoms in total. The number of carbonyl (C=O) groups excluding carboxylic acids is 1. The highest BCUT2D eigenvalue weighted by Crippen LogP contribution is 2.17. The molecule has 20 heavy (non-hydrogen) atoms. The maximum absolute atomic E-state index is 11.8. The average Bonchev–Trinajstić information content (AvgIpc) is 2.41. The summed E-state index contributed by atoms with van der Waals surface area (Å²) in [6.45, 7) is 1.33. The van der Waals surface area contributed by atoms with Gasteiger partial charge in [-0.15, -0.1) is 0 Å². The fourth-order valence-corrected chi connectivity index (χ4v) is 4.47. The first-order valence-corrected chi connectivity index (χ1v) is 9.21. The summed E-state index contributed by atoms with van der Waals surface area (Å²) < 4.78 is 25.0. The van der Waals surface area contributed by atoms with E-state index in [0.29, 0.717) is 19.6 Å². The number of carbonyl (C=O) groups is 1. The Hall–Kier alpha value is -0.820. The van der Waals surface area contributed by atoms with Crippen molar-refractivity contribution in [3.63, 3.8) is 0 Å². The summed E-state index contributed by atoms with van der Waals surface area (Å²) in [4.78, 5) is 11.7. The molecule has 7 heteroatoms. The van der Waals surface area contributed by atoms with Gasteiger partial charge in [-0.3, -0.25) is 0 Å². The predicted octanol–water partition coefficient (Wildman–Crippen LogP) is 1.04. The van der Waals surface area contributed by atoms with E-state index in [0.717, 1.165) is 25.7 Å². The Morgan fingerprint density at radius 1 is 1.10 bits per heavy atom. The molecule has 2 aliphatic rings. The quantitative estimate of drug-likeness (QED) is 0.814. The summed E-state index contributed by atoms with van der Waals surface area (Å²) in [5.41, 5.74) is 0. The van der Waals surface area contributed by atoms with Crippen LogP contribution in [0.15, 0.2) is 0 Å². The number of hydrogen-bond acceptors (Lipinski definition) is 3. The van der Waals surface area contributed by atoms with Crippen LogP contribution in [0.25, 0.3) is 0 Å². The van der Waals surface area contributed by atoms with Gasteiger partial charge in [-0.25, -0.2) is 17.5 Å². The number of nitrogens with zero attached hydrogens (tertiary/aromatic N) is 1. The molecule has 1 aliphatic heterocycles. The lowest BCUT2D eigenvalue weighted by Gasteiger charge is -2.26. The van der Waals surface area contributed by atoms with Crippen LogP contribution in [0.5, 0.6) is 0 Å². The second kappa shape index (κ2) is 7.26. The molecule has 1 aliphatic carbocycles. The molecule has 0 unspecified atom stereocenters. The number of amides is 2.